The highest BCUT2D eigenvalue weighted by molar-refractivity contribution is 9.10. The van der Waals surface area contributed by atoms with E-state index in [9.17, 15) is 0 Å². The summed E-state index contributed by atoms with van der Waals surface area (Å²) in [5, 5.41) is 9.05. The highest BCUT2D eigenvalue weighted by Crippen LogP contribution is 2.35. The molecule has 1 N–H and O–H groups in total. The molecule has 5 heteroatoms. The fraction of sp³-hybridized carbons (Fsp3) is 0.231. The Labute approximate surface area is 129 Å². The maximum Gasteiger partial charge on any atom is 0.0611 e. The molecule has 0 radical (unpaired) electrons. The second-order valence-corrected chi connectivity index (χ2v) is 6.27. The fourth-order valence-electron chi connectivity index (χ4n) is 1.82. The summed E-state index contributed by atoms with van der Waals surface area (Å²) >= 11 is 17.6. The van der Waals surface area contributed by atoms with Crippen molar-refractivity contribution in [1.82, 2.24) is 5.32 Å². The number of hydrogen-bond acceptors (Lipinski definition) is 2. The van der Waals surface area contributed by atoms with Crippen LogP contribution in [0.4, 0.5) is 0 Å². The van der Waals surface area contributed by atoms with E-state index in [-0.39, 0.29) is 6.04 Å². The first-order valence-corrected chi connectivity index (χ1v) is 8.02. The summed E-state index contributed by atoms with van der Waals surface area (Å²) in [7, 11) is 0. The standard InChI is InChI=1S/C13H12BrCl2NS/c1-2-17-13(10-6-18-7-11(10)14)9-5-8(15)3-4-12(9)16/h3-7,13,17H,2H2,1H3. The van der Waals surface area contributed by atoms with E-state index >= 15 is 0 Å². The molecule has 1 unspecified atom stereocenters. The number of rotatable bonds is 4. The molecule has 0 saturated heterocycles. The summed E-state index contributed by atoms with van der Waals surface area (Å²) in [4.78, 5) is 0. The number of halogens is 3. The highest BCUT2D eigenvalue weighted by Gasteiger charge is 2.19. The summed E-state index contributed by atoms with van der Waals surface area (Å²) in [5.41, 5.74) is 2.19. The van der Waals surface area contributed by atoms with E-state index in [1.165, 1.54) is 5.56 Å². The number of benzene rings is 1. The van der Waals surface area contributed by atoms with E-state index in [0.717, 1.165) is 21.6 Å². The third kappa shape index (κ3) is 3.09. The molecule has 0 amide bonds. The molecule has 0 aliphatic carbocycles. The first kappa shape index (κ1) is 14.4. The van der Waals surface area contributed by atoms with Crippen LogP contribution in [-0.4, -0.2) is 6.54 Å². The van der Waals surface area contributed by atoms with Gasteiger partial charge in [-0.05, 0) is 57.2 Å². The molecule has 2 aromatic rings. The van der Waals surface area contributed by atoms with Gasteiger partial charge in [-0.3, -0.25) is 0 Å². The zero-order chi connectivity index (χ0) is 13.1. The average molecular weight is 365 g/mol. The molecule has 0 fully saturated rings. The Balaban J connectivity index is 2.48. The normalized spacial score (nSPS) is 12.7. The molecule has 1 aromatic carbocycles. The first-order valence-electron chi connectivity index (χ1n) is 5.53. The van der Waals surface area contributed by atoms with Gasteiger partial charge in [-0.2, -0.15) is 11.3 Å². The lowest BCUT2D eigenvalue weighted by Gasteiger charge is -2.19. The Morgan fingerprint density at radius 3 is 2.67 bits per heavy atom. The van der Waals surface area contributed by atoms with Crippen LogP contribution in [0.3, 0.4) is 0 Å². The zero-order valence-electron chi connectivity index (χ0n) is 9.71. The van der Waals surface area contributed by atoms with Gasteiger partial charge in [0.1, 0.15) is 0 Å². The van der Waals surface area contributed by atoms with E-state index in [4.69, 9.17) is 23.2 Å². The van der Waals surface area contributed by atoms with Crippen LogP contribution in [0.25, 0.3) is 0 Å². The van der Waals surface area contributed by atoms with Crippen LogP contribution < -0.4 is 5.32 Å². The van der Waals surface area contributed by atoms with Crippen molar-refractivity contribution in [2.24, 2.45) is 0 Å². The SMILES string of the molecule is CCNC(c1cc(Cl)ccc1Cl)c1cscc1Br. The summed E-state index contributed by atoms with van der Waals surface area (Å²) < 4.78 is 1.09. The monoisotopic (exact) mass is 363 g/mol. The average Bonchev–Trinajstić information content (AvgIpc) is 2.76. The fourth-order valence-corrected chi connectivity index (χ4v) is 3.78. The molecule has 1 heterocycles. The predicted octanol–water partition coefficient (Wildman–Crippen LogP) is 5.52. The molecule has 0 saturated carbocycles. The lowest BCUT2D eigenvalue weighted by molar-refractivity contribution is 0.631. The highest BCUT2D eigenvalue weighted by atomic mass is 79.9. The van der Waals surface area contributed by atoms with E-state index in [1.54, 1.807) is 17.4 Å². The van der Waals surface area contributed by atoms with Crippen molar-refractivity contribution in [2.75, 3.05) is 6.54 Å². The van der Waals surface area contributed by atoms with Crippen molar-refractivity contribution in [3.05, 3.63) is 54.6 Å². The minimum Gasteiger partial charge on any atom is -0.306 e. The quantitative estimate of drug-likeness (QED) is 0.753. The number of hydrogen-bond donors (Lipinski definition) is 1. The molecule has 2 rings (SSSR count). The summed E-state index contributed by atoms with van der Waals surface area (Å²) in [6.45, 7) is 2.93. The summed E-state index contributed by atoms with van der Waals surface area (Å²) in [6, 6.07) is 5.62. The van der Waals surface area contributed by atoms with Crippen molar-refractivity contribution in [3.8, 4) is 0 Å². The molecule has 1 nitrogen and oxygen atoms in total. The Morgan fingerprint density at radius 2 is 2.06 bits per heavy atom. The third-order valence-electron chi connectivity index (χ3n) is 2.63. The van der Waals surface area contributed by atoms with Crippen LogP contribution in [0.5, 0.6) is 0 Å². The van der Waals surface area contributed by atoms with Crippen LogP contribution in [-0.2, 0) is 0 Å². The minimum absolute atomic E-state index is 0.0572. The largest absolute Gasteiger partial charge is 0.306 e. The van der Waals surface area contributed by atoms with Gasteiger partial charge in [-0.25, -0.2) is 0 Å². The zero-order valence-corrected chi connectivity index (χ0v) is 13.6. The molecule has 0 spiro atoms. The van der Waals surface area contributed by atoms with Crippen molar-refractivity contribution in [2.45, 2.75) is 13.0 Å². The lowest BCUT2D eigenvalue weighted by Crippen LogP contribution is -2.22. The van der Waals surface area contributed by atoms with Gasteiger partial charge in [0, 0.05) is 19.9 Å². The molecule has 0 aliphatic rings. The smallest absolute Gasteiger partial charge is 0.0611 e. The summed E-state index contributed by atoms with van der Waals surface area (Å²) in [5.74, 6) is 0. The van der Waals surface area contributed by atoms with Crippen molar-refractivity contribution < 1.29 is 0 Å². The molecule has 18 heavy (non-hydrogen) atoms. The summed E-state index contributed by atoms with van der Waals surface area (Å²) in [6.07, 6.45) is 0. The van der Waals surface area contributed by atoms with Crippen LogP contribution in [0.1, 0.15) is 24.1 Å². The molecule has 0 bridgehead atoms. The van der Waals surface area contributed by atoms with Gasteiger partial charge in [0.15, 0.2) is 0 Å². The predicted molar refractivity (Wildman–Crippen MR) is 84.0 cm³/mol. The molecular formula is C13H12BrCl2NS. The Bertz CT molecular complexity index is 542. The van der Waals surface area contributed by atoms with E-state index in [1.807, 2.05) is 12.1 Å². The van der Waals surface area contributed by atoms with Crippen LogP contribution in [0.2, 0.25) is 10.0 Å². The van der Waals surface area contributed by atoms with Gasteiger partial charge in [0.2, 0.25) is 0 Å². The van der Waals surface area contributed by atoms with E-state index < -0.39 is 0 Å². The molecule has 1 atom stereocenters. The van der Waals surface area contributed by atoms with Crippen molar-refractivity contribution in [3.63, 3.8) is 0 Å². The lowest BCUT2D eigenvalue weighted by atomic mass is 10.0. The van der Waals surface area contributed by atoms with Gasteiger partial charge >= 0.3 is 0 Å². The Hall–Kier alpha value is -0.0600. The maximum atomic E-state index is 6.29. The van der Waals surface area contributed by atoms with Crippen LogP contribution in [0, 0.1) is 0 Å². The molecule has 0 aliphatic heterocycles. The van der Waals surface area contributed by atoms with Crippen LogP contribution in [0.15, 0.2) is 33.4 Å². The van der Waals surface area contributed by atoms with Gasteiger partial charge in [-0.1, -0.05) is 30.1 Å². The molecule has 1 aromatic heterocycles. The van der Waals surface area contributed by atoms with Gasteiger partial charge < -0.3 is 5.32 Å². The minimum atomic E-state index is 0.0572. The first-order chi connectivity index (χ1) is 8.63. The Kier molecular flexibility index (Phi) is 5.10. The number of nitrogens with one attached hydrogen (secondary N) is 1. The second kappa shape index (κ2) is 6.40. The van der Waals surface area contributed by atoms with Crippen molar-refractivity contribution in [1.29, 1.82) is 0 Å². The maximum absolute atomic E-state index is 6.29. The third-order valence-corrected chi connectivity index (χ3v) is 4.96. The van der Waals surface area contributed by atoms with Gasteiger partial charge in [0.05, 0.1) is 6.04 Å². The van der Waals surface area contributed by atoms with Crippen molar-refractivity contribution >= 4 is 50.5 Å². The van der Waals surface area contributed by atoms with Gasteiger partial charge in [-0.15, -0.1) is 0 Å². The van der Waals surface area contributed by atoms with E-state index in [2.05, 4.69) is 38.9 Å². The topological polar surface area (TPSA) is 12.0 Å². The Morgan fingerprint density at radius 1 is 1.28 bits per heavy atom. The van der Waals surface area contributed by atoms with Crippen LogP contribution >= 0.6 is 50.5 Å². The molecule has 96 valence electrons. The second-order valence-electron chi connectivity index (χ2n) is 3.83. The number of thiophene rings is 1. The van der Waals surface area contributed by atoms with E-state index in [0.29, 0.717) is 5.02 Å². The van der Waals surface area contributed by atoms with Gasteiger partial charge in [0.25, 0.3) is 0 Å². The molecular weight excluding hydrogens is 353 g/mol.